The van der Waals surface area contributed by atoms with E-state index >= 15 is 0 Å². The number of rotatable bonds is 10. The number of hydrogen-bond acceptors (Lipinski definition) is 9. The number of aliphatic carboxylic acids is 1. The van der Waals surface area contributed by atoms with Crippen LogP contribution in [0.25, 0.3) is 0 Å². The molecule has 1 heterocycles. The number of carboxylic acid groups (broad SMARTS) is 1. The van der Waals surface area contributed by atoms with Crippen molar-refractivity contribution >= 4 is 5.97 Å². The lowest BCUT2D eigenvalue weighted by molar-refractivity contribution is -0.271. The third-order valence-corrected chi connectivity index (χ3v) is 6.61. The number of ether oxygens (including phenoxy) is 4. The summed E-state index contributed by atoms with van der Waals surface area (Å²) in [5.41, 5.74) is 1.98. The van der Waals surface area contributed by atoms with Gasteiger partial charge in [0, 0.05) is 0 Å². The summed E-state index contributed by atoms with van der Waals surface area (Å²) in [5, 5.41) is 49.5. The third-order valence-electron chi connectivity index (χ3n) is 6.61. The standard InChI is InChI=1S/C26H34O10/c1-13(14(2)10-16-6-8-19(33-3)20(12-16)34-4)9-15-5-7-18(17(27)11-15)35-26-23(30)21(28)22(29)24(36-26)25(31)32/h5-8,11-14,21-24,26-30H,9-10H2,1-4H3,(H,31,32). The molecule has 1 fully saturated rings. The number of methoxy groups -OCH3 is 2. The van der Waals surface area contributed by atoms with Gasteiger partial charge in [0.15, 0.2) is 29.1 Å². The molecule has 36 heavy (non-hydrogen) atoms. The van der Waals surface area contributed by atoms with Crippen molar-refractivity contribution in [1.82, 2.24) is 0 Å². The van der Waals surface area contributed by atoms with Crippen LogP contribution >= 0.6 is 0 Å². The Morgan fingerprint density at radius 3 is 1.94 bits per heavy atom. The Hall–Kier alpha value is -3.05. The van der Waals surface area contributed by atoms with Crippen molar-refractivity contribution < 1.29 is 49.3 Å². The van der Waals surface area contributed by atoms with Crippen LogP contribution in [0.15, 0.2) is 36.4 Å². The van der Waals surface area contributed by atoms with E-state index in [1.807, 2.05) is 18.2 Å². The minimum Gasteiger partial charge on any atom is -0.504 e. The van der Waals surface area contributed by atoms with Crippen LogP contribution in [0.3, 0.4) is 0 Å². The quantitative estimate of drug-likeness (QED) is 0.322. The van der Waals surface area contributed by atoms with E-state index in [4.69, 9.17) is 24.1 Å². The molecule has 0 saturated carbocycles. The van der Waals surface area contributed by atoms with E-state index in [1.54, 1.807) is 20.3 Å². The molecule has 0 spiro atoms. The van der Waals surface area contributed by atoms with Gasteiger partial charge in [0.05, 0.1) is 14.2 Å². The number of phenols is 1. The molecule has 0 amide bonds. The second kappa shape index (κ2) is 11.8. The molecule has 2 aromatic carbocycles. The van der Waals surface area contributed by atoms with E-state index in [0.717, 1.165) is 17.5 Å². The lowest BCUT2D eigenvalue weighted by Gasteiger charge is -2.38. The van der Waals surface area contributed by atoms with Gasteiger partial charge >= 0.3 is 5.97 Å². The Morgan fingerprint density at radius 1 is 0.861 bits per heavy atom. The minimum atomic E-state index is -1.82. The molecule has 2 aromatic rings. The minimum absolute atomic E-state index is 0.0541. The first kappa shape index (κ1) is 27.5. The highest BCUT2D eigenvalue weighted by Crippen LogP contribution is 2.33. The molecule has 0 bridgehead atoms. The van der Waals surface area contributed by atoms with Gasteiger partial charge in [-0.3, -0.25) is 0 Å². The first-order chi connectivity index (χ1) is 17.0. The molecule has 0 radical (unpaired) electrons. The number of aliphatic hydroxyl groups excluding tert-OH is 3. The molecule has 198 valence electrons. The molecule has 3 rings (SSSR count). The zero-order valence-electron chi connectivity index (χ0n) is 20.7. The molecule has 1 saturated heterocycles. The highest BCUT2D eigenvalue weighted by molar-refractivity contribution is 5.73. The van der Waals surface area contributed by atoms with Crippen LogP contribution in [-0.4, -0.2) is 76.4 Å². The normalized spacial score (nSPS) is 25.6. The number of hydrogen-bond donors (Lipinski definition) is 5. The Labute approximate surface area is 209 Å². The molecule has 1 aliphatic rings. The molecular weight excluding hydrogens is 472 g/mol. The maximum atomic E-state index is 11.3. The summed E-state index contributed by atoms with van der Waals surface area (Å²) in [5.74, 6) is 0.137. The summed E-state index contributed by atoms with van der Waals surface area (Å²) >= 11 is 0. The van der Waals surface area contributed by atoms with Crippen LogP contribution in [0.1, 0.15) is 25.0 Å². The third kappa shape index (κ3) is 6.19. The first-order valence-electron chi connectivity index (χ1n) is 11.7. The predicted octanol–water partition coefficient (Wildman–Crippen LogP) is 1.74. The number of carbonyl (C=O) groups is 1. The monoisotopic (exact) mass is 506 g/mol. The predicted molar refractivity (Wildman–Crippen MR) is 128 cm³/mol. The lowest BCUT2D eigenvalue weighted by Crippen LogP contribution is -2.61. The molecule has 10 heteroatoms. The zero-order valence-corrected chi connectivity index (χ0v) is 20.7. The van der Waals surface area contributed by atoms with Crippen molar-refractivity contribution in [2.24, 2.45) is 11.8 Å². The van der Waals surface area contributed by atoms with Crippen molar-refractivity contribution in [3.63, 3.8) is 0 Å². The Bertz CT molecular complexity index is 1040. The van der Waals surface area contributed by atoms with E-state index in [1.165, 1.54) is 12.1 Å². The van der Waals surface area contributed by atoms with Gasteiger partial charge < -0.3 is 44.5 Å². The van der Waals surface area contributed by atoms with Gasteiger partial charge in [0.1, 0.15) is 18.3 Å². The molecular formula is C26H34O10. The van der Waals surface area contributed by atoms with Crippen molar-refractivity contribution in [3.05, 3.63) is 47.5 Å². The van der Waals surface area contributed by atoms with Crippen molar-refractivity contribution in [3.8, 4) is 23.0 Å². The second-order valence-corrected chi connectivity index (χ2v) is 9.21. The molecule has 5 N–H and O–H groups in total. The largest absolute Gasteiger partial charge is 0.504 e. The van der Waals surface area contributed by atoms with Gasteiger partial charge in [-0.1, -0.05) is 26.0 Å². The van der Waals surface area contributed by atoms with Crippen LogP contribution in [0.4, 0.5) is 0 Å². The summed E-state index contributed by atoms with van der Waals surface area (Å²) in [7, 11) is 3.20. The summed E-state index contributed by atoms with van der Waals surface area (Å²) < 4.78 is 21.2. The van der Waals surface area contributed by atoms with Gasteiger partial charge in [0.25, 0.3) is 0 Å². The number of benzene rings is 2. The van der Waals surface area contributed by atoms with Crippen LogP contribution in [-0.2, 0) is 22.4 Å². The Morgan fingerprint density at radius 2 is 1.42 bits per heavy atom. The summed E-state index contributed by atoms with van der Waals surface area (Å²) in [4.78, 5) is 11.3. The Kier molecular flexibility index (Phi) is 9.02. The highest BCUT2D eigenvalue weighted by atomic mass is 16.7. The fourth-order valence-corrected chi connectivity index (χ4v) is 4.22. The summed E-state index contributed by atoms with van der Waals surface area (Å²) in [6.45, 7) is 4.27. The van der Waals surface area contributed by atoms with Gasteiger partial charge in [-0.2, -0.15) is 0 Å². The van der Waals surface area contributed by atoms with Gasteiger partial charge in [-0.25, -0.2) is 4.79 Å². The zero-order chi connectivity index (χ0) is 26.6. The number of carboxylic acids is 1. The van der Waals surface area contributed by atoms with Crippen molar-refractivity contribution in [2.45, 2.75) is 57.4 Å². The number of aromatic hydroxyl groups is 1. The van der Waals surface area contributed by atoms with Gasteiger partial charge in [0.2, 0.25) is 6.29 Å². The van der Waals surface area contributed by atoms with Crippen molar-refractivity contribution in [2.75, 3.05) is 14.2 Å². The topological polar surface area (TPSA) is 155 Å². The van der Waals surface area contributed by atoms with Crippen LogP contribution in [0.2, 0.25) is 0 Å². The maximum Gasteiger partial charge on any atom is 0.335 e. The van der Waals surface area contributed by atoms with Crippen LogP contribution < -0.4 is 14.2 Å². The summed E-state index contributed by atoms with van der Waals surface area (Å²) in [6.07, 6.45) is -7.21. The number of phenolic OH excluding ortho intramolecular Hbond substituents is 1. The maximum absolute atomic E-state index is 11.3. The van der Waals surface area contributed by atoms with E-state index < -0.39 is 36.7 Å². The van der Waals surface area contributed by atoms with E-state index in [-0.39, 0.29) is 17.4 Å². The summed E-state index contributed by atoms with van der Waals surface area (Å²) in [6, 6.07) is 10.6. The van der Waals surface area contributed by atoms with Gasteiger partial charge in [-0.05, 0) is 60.1 Å². The fraction of sp³-hybridized carbons (Fsp3) is 0.500. The van der Waals surface area contributed by atoms with Crippen molar-refractivity contribution in [1.29, 1.82) is 0 Å². The smallest absolute Gasteiger partial charge is 0.335 e. The average molecular weight is 507 g/mol. The average Bonchev–Trinajstić information content (AvgIpc) is 2.85. The molecule has 10 nitrogen and oxygen atoms in total. The van der Waals surface area contributed by atoms with E-state index in [2.05, 4.69) is 13.8 Å². The van der Waals surface area contributed by atoms with Crippen LogP contribution in [0, 0.1) is 11.8 Å². The molecule has 0 aliphatic carbocycles. The van der Waals surface area contributed by atoms with E-state index in [0.29, 0.717) is 23.8 Å². The van der Waals surface area contributed by atoms with Crippen LogP contribution in [0.5, 0.6) is 23.0 Å². The highest BCUT2D eigenvalue weighted by Gasteiger charge is 2.48. The number of aliphatic hydroxyl groups is 3. The molecule has 7 atom stereocenters. The SMILES string of the molecule is COc1ccc(CC(C)C(C)Cc2ccc(OC3OC(C(=O)O)C(O)C(O)C3O)c(O)c2)cc1OC. The fourth-order valence-electron chi connectivity index (χ4n) is 4.22. The first-order valence-corrected chi connectivity index (χ1v) is 11.7. The molecule has 7 unspecified atom stereocenters. The van der Waals surface area contributed by atoms with Gasteiger partial charge in [-0.15, -0.1) is 0 Å². The molecule has 1 aliphatic heterocycles. The van der Waals surface area contributed by atoms with E-state index in [9.17, 15) is 25.2 Å². The second-order valence-electron chi connectivity index (χ2n) is 9.21. The lowest BCUT2D eigenvalue weighted by atomic mass is 9.85. The Balaban J connectivity index is 1.63. The molecule has 0 aromatic heterocycles.